The van der Waals surface area contributed by atoms with Crippen LogP contribution >= 0.6 is 0 Å². The number of methoxy groups -OCH3 is 1. The van der Waals surface area contributed by atoms with Crippen LogP contribution in [0.2, 0.25) is 0 Å². The van der Waals surface area contributed by atoms with Gasteiger partial charge >= 0.3 is 12.1 Å². The lowest BCUT2D eigenvalue weighted by atomic mass is 10.3. The summed E-state index contributed by atoms with van der Waals surface area (Å²) in [5.74, 6) is 0.350. The first-order chi connectivity index (χ1) is 10.4. The van der Waals surface area contributed by atoms with Gasteiger partial charge in [0.05, 0.1) is 13.7 Å². The van der Waals surface area contributed by atoms with Crippen molar-refractivity contribution in [2.24, 2.45) is 5.73 Å². The van der Waals surface area contributed by atoms with Crippen molar-refractivity contribution in [3.8, 4) is 11.5 Å². The van der Waals surface area contributed by atoms with Crippen molar-refractivity contribution in [2.75, 3.05) is 20.3 Å². The maximum Gasteiger partial charge on any atom is 0.407 e. The third kappa shape index (κ3) is 5.88. The molecule has 0 spiro atoms. The number of ether oxygens (including phenoxy) is 3. The number of carboxylic acids is 1. The summed E-state index contributed by atoms with van der Waals surface area (Å²) < 4.78 is 15.6. The minimum Gasteiger partial charge on any atom is -0.493 e. The number of carbonyl (C=O) groups is 2. The van der Waals surface area contributed by atoms with Crippen LogP contribution in [-0.4, -0.2) is 49.6 Å². The van der Waals surface area contributed by atoms with Gasteiger partial charge in [0.25, 0.3) is 0 Å². The molecule has 1 heterocycles. The fraction of sp³-hybridized carbons (Fsp3) is 0.429. The number of para-hydroxylation sites is 2. The lowest BCUT2D eigenvalue weighted by molar-refractivity contribution is -0.138. The van der Waals surface area contributed by atoms with Crippen molar-refractivity contribution in [1.82, 2.24) is 5.32 Å². The first-order valence-corrected chi connectivity index (χ1v) is 6.62. The van der Waals surface area contributed by atoms with Crippen LogP contribution in [0.1, 0.15) is 6.92 Å². The van der Waals surface area contributed by atoms with Crippen LogP contribution < -0.4 is 20.5 Å². The molecular weight excluding hydrogens is 292 g/mol. The zero-order chi connectivity index (χ0) is 16.5. The van der Waals surface area contributed by atoms with Crippen LogP contribution in [-0.2, 0) is 9.53 Å². The summed E-state index contributed by atoms with van der Waals surface area (Å²) in [6, 6.07) is 6.61. The standard InChI is InChI=1S/C11H13NO4.C3H7NO2/c1-14-9-4-2-3-5-10(9)15-7-8-6-12-11(13)16-8;1-2(4)3(5)6/h2-5,8H,6-7H2,1H3,(H,12,13);2H,4H2,1H3,(H,5,6)/t;2-/m.0/s1. The highest BCUT2D eigenvalue weighted by atomic mass is 16.6. The van der Waals surface area contributed by atoms with E-state index in [-0.39, 0.29) is 6.10 Å². The summed E-state index contributed by atoms with van der Waals surface area (Å²) in [4.78, 5) is 20.3. The van der Waals surface area contributed by atoms with E-state index in [2.05, 4.69) is 5.32 Å². The van der Waals surface area contributed by atoms with Gasteiger partial charge in [0, 0.05) is 0 Å². The summed E-state index contributed by atoms with van der Waals surface area (Å²) in [7, 11) is 1.58. The molecule has 0 aromatic heterocycles. The van der Waals surface area contributed by atoms with Gasteiger partial charge in [0.15, 0.2) is 17.6 Å². The summed E-state index contributed by atoms with van der Waals surface area (Å²) >= 11 is 0. The van der Waals surface area contributed by atoms with Crippen molar-refractivity contribution in [3.63, 3.8) is 0 Å². The van der Waals surface area contributed by atoms with Crippen LogP contribution in [0.5, 0.6) is 11.5 Å². The predicted octanol–water partition coefficient (Wildman–Crippen LogP) is 0.601. The maximum atomic E-state index is 10.8. The molecule has 122 valence electrons. The highest BCUT2D eigenvalue weighted by Gasteiger charge is 2.23. The third-order valence-electron chi connectivity index (χ3n) is 2.63. The highest BCUT2D eigenvalue weighted by Crippen LogP contribution is 2.26. The molecular formula is C14H20N2O6. The fourth-order valence-corrected chi connectivity index (χ4v) is 1.45. The zero-order valence-electron chi connectivity index (χ0n) is 12.4. The molecule has 22 heavy (non-hydrogen) atoms. The number of carbonyl (C=O) groups excluding carboxylic acids is 1. The molecule has 1 aromatic rings. The number of rotatable bonds is 5. The number of amides is 1. The Hall–Kier alpha value is -2.48. The van der Waals surface area contributed by atoms with Crippen LogP contribution in [0, 0.1) is 0 Å². The molecule has 1 unspecified atom stereocenters. The van der Waals surface area contributed by atoms with Gasteiger partial charge in [-0.3, -0.25) is 4.79 Å². The van der Waals surface area contributed by atoms with Gasteiger partial charge in [-0.1, -0.05) is 12.1 Å². The monoisotopic (exact) mass is 312 g/mol. The summed E-state index contributed by atoms with van der Waals surface area (Å²) in [5.41, 5.74) is 4.84. The predicted molar refractivity (Wildman–Crippen MR) is 78.0 cm³/mol. The normalized spacial score (nSPS) is 17.4. The molecule has 2 rings (SSSR count). The fourth-order valence-electron chi connectivity index (χ4n) is 1.45. The number of alkyl carbamates (subject to hydrolysis) is 1. The van der Waals surface area contributed by atoms with Gasteiger partial charge in [0.1, 0.15) is 12.6 Å². The van der Waals surface area contributed by atoms with Gasteiger partial charge in [-0.05, 0) is 19.1 Å². The minimum absolute atomic E-state index is 0.239. The largest absolute Gasteiger partial charge is 0.493 e. The summed E-state index contributed by atoms with van der Waals surface area (Å²) in [5, 5.41) is 10.4. The van der Waals surface area contributed by atoms with E-state index >= 15 is 0 Å². The number of aliphatic carboxylic acids is 1. The molecule has 1 aliphatic rings. The number of carboxylic acid groups (broad SMARTS) is 1. The van der Waals surface area contributed by atoms with Gasteiger partial charge in [-0.15, -0.1) is 0 Å². The smallest absolute Gasteiger partial charge is 0.407 e. The second-order valence-corrected chi connectivity index (χ2v) is 4.50. The van der Waals surface area contributed by atoms with E-state index in [9.17, 15) is 9.59 Å². The number of nitrogens with one attached hydrogen (secondary N) is 1. The van der Waals surface area contributed by atoms with Gasteiger partial charge in [-0.25, -0.2) is 4.79 Å². The lowest BCUT2D eigenvalue weighted by Gasteiger charge is -2.12. The average molecular weight is 312 g/mol. The molecule has 8 heteroatoms. The molecule has 4 N–H and O–H groups in total. The molecule has 1 aliphatic heterocycles. The van der Waals surface area contributed by atoms with Gasteiger partial charge < -0.3 is 30.4 Å². The van der Waals surface area contributed by atoms with Gasteiger partial charge in [0.2, 0.25) is 0 Å². The van der Waals surface area contributed by atoms with Crippen LogP contribution in [0.25, 0.3) is 0 Å². The zero-order valence-corrected chi connectivity index (χ0v) is 12.4. The van der Waals surface area contributed by atoms with Crippen LogP contribution in [0.4, 0.5) is 4.79 Å². The SMILES string of the molecule is COc1ccccc1OCC1CNC(=O)O1.C[C@H](N)C(=O)O. The van der Waals surface area contributed by atoms with E-state index in [0.717, 1.165) is 0 Å². The van der Waals surface area contributed by atoms with Crippen molar-refractivity contribution in [3.05, 3.63) is 24.3 Å². The Kier molecular flexibility index (Phi) is 6.97. The van der Waals surface area contributed by atoms with E-state index in [4.69, 9.17) is 25.1 Å². The first kappa shape index (κ1) is 17.6. The number of benzene rings is 1. The third-order valence-corrected chi connectivity index (χ3v) is 2.63. The molecule has 1 amide bonds. The molecule has 0 saturated carbocycles. The number of nitrogens with two attached hydrogens (primary N) is 1. The van der Waals surface area contributed by atoms with Crippen molar-refractivity contribution in [1.29, 1.82) is 0 Å². The minimum atomic E-state index is -0.963. The quantitative estimate of drug-likeness (QED) is 0.728. The molecule has 0 bridgehead atoms. The Morgan fingerprint density at radius 3 is 2.55 bits per heavy atom. The average Bonchev–Trinajstić information content (AvgIpc) is 2.91. The second-order valence-electron chi connectivity index (χ2n) is 4.50. The number of cyclic esters (lactones) is 1. The Morgan fingerprint density at radius 2 is 2.09 bits per heavy atom. The van der Waals surface area contributed by atoms with Crippen LogP contribution in [0.3, 0.4) is 0 Å². The molecule has 1 saturated heterocycles. The van der Waals surface area contributed by atoms with Crippen molar-refractivity contribution < 1.29 is 28.9 Å². The second kappa shape index (κ2) is 8.73. The molecule has 0 aliphatic carbocycles. The van der Waals surface area contributed by atoms with E-state index < -0.39 is 18.1 Å². The Balaban J connectivity index is 0.000000346. The Labute approximate surface area is 128 Å². The van der Waals surface area contributed by atoms with Gasteiger partial charge in [-0.2, -0.15) is 0 Å². The molecule has 1 aromatic carbocycles. The van der Waals surface area contributed by atoms with Crippen molar-refractivity contribution in [2.45, 2.75) is 19.1 Å². The van der Waals surface area contributed by atoms with Crippen LogP contribution in [0.15, 0.2) is 24.3 Å². The Bertz CT molecular complexity index is 506. The summed E-state index contributed by atoms with van der Waals surface area (Å²) in [6.45, 7) is 2.22. The number of hydrogen-bond donors (Lipinski definition) is 3. The van der Waals surface area contributed by atoms with E-state index in [1.165, 1.54) is 6.92 Å². The van der Waals surface area contributed by atoms with Crippen molar-refractivity contribution >= 4 is 12.1 Å². The summed E-state index contributed by atoms with van der Waals surface area (Å²) in [6.07, 6.45) is -0.633. The maximum absolute atomic E-state index is 10.8. The first-order valence-electron chi connectivity index (χ1n) is 6.62. The van der Waals surface area contributed by atoms with E-state index in [1.54, 1.807) is 7.11 Å². The molecule has 2 atom stereocenters. The number of hydrogen-bond acceptors (Lipinski definition) is 6. The molecule has 0 radical (unpaired) electrons. The van der Waals surface area contributed by atoms with E-state index in [1.807, 2.05) is 24.3 Å². The highest BCUT2D eigenvalue weighted by molar-refractivity contribution is 5.72. The van der Waals surface area contributed by atoms with E-state index in [0.29, 0.717) is 24.7 Å². The lowest BCUT2D eigenvalue weighted by Crippen LogP contribution is -2.25. The molecule has 8 nitrogen and oxygen atoms in total. The molecule has 1 fully saturated rings. The topological polar surface area (TPSA) is 120 Å². The Morgan fingerprint density at radius 1 is 1.50 bits per heavy atom.